The van der Waals surface area contributed by atoms with Crippen LogP contribution in [0.25, 0.3) is 0 Å². The number of nitrogens with zero attached hydrogens (tertiary/aromatic N) is 3. The van der Waals surface area contributed by atoms with Gasteiger partial charge in [0.05, 0.1) is 12.7 Å². The molecule has 2 N–H and O–H groups in total. The SMILES string of the molecule is COc1ncnc(N2CCC2CN)c1C. The molecule has 1 aromatic heterocycles. The molecule has 1 saturated heterocycles. The number of nitrogens with two attached hydrogens (primary N) is 1. The summed E-state index contributed by atoms with van der Waals surface area (Å²) in [6.07, 6.45) is 2.68. The lowest BCUT2D eigenvalue weighted by Gasteiger charge is -2.41. The van der Waals surface area contributed by atoms with Gasteiger partial charge in [-0.2, -0.15) is 0 Å². The van der Waals surface area contributed by atoms with E-state index in [1.54, 1.807) is 7.11 Å². The van der Waals surface area contributed by atoms with E-state index < -0.39 is 0 Å². The molecule has 1 fully saturated rings. The van der Waals surface area contributed by atoms with Crippen LogP contribution >= 0.6 is 0 Å². The highest BCUT2D eigenvalue weighted by Gasteiger charge is 2.29. The second kappa shape index (κ2) is 4.02. The first-order valence-corrected chi connectivity index (χ1v) is 5.10. The number of aromatic nitrogens is 2. The Morgan fingerprint density at radius 3 is 2.93 bits per heavy atom. The maximum absolute atomic E-state index is 5.67. The van der Waals surface area contributed by atoms with Crippen molar-refractivity contribution in [3.05, 3.63) is 11.9 Å². The van der Waals surface area contributed by atoms with Crippen molar-refractivity contribution in [2.75, 3.05) is 25.1 Å². The van der Waals surface area contributed by atoms with Gasteiger partial charge in [0.2, 0.25) is 5.88 Å². The summed E-state index contributed by atoms with van der Waals surface area (Å²) in [5.41, 5.74) is 6.65. The minimum Gasteiger partial charge on any atom is -0.481 e. The normalized spacial score (nSPS) is 19.9. The molecule has 5 nitrogen and oxygen atoms in total. The summed E-state index contributed by atoms with van der Waals surface area (Å²) < 4.78 is 5.16. The van der Waals surface area contributed by atoms with E-state index in [9.17, 15) is 0 Å². The molecule has 0 bridgehead atoms. The zero-order chi connectivity index (χ0) is 10.8. The van der Waals surface area contributed by atoms with Crippen LogP contribution in [0.5, 0.6) is 5.88 Å². The minimum absolute atomic E-state index is 0.420. The van der Waals surface area contributed by atoms with Crippen LogP contribution in [0.1, 0.15) is 12.0 Å². The van der Waals surface area contributed by atoms with Crippen LogP contribution in [0.4, 0.5) is 5.82 Å². The van der Waals surface area contributed by atoms with E-state index in [0.717, 1.165) is 24.3 Å². The van der Waals surface area contributed by atoms with E-state index in [4.69, 9.17) is 10.5 Å². The van der Waals surface area contributed by atoms with Crippen molar-refractivity contribution in [2.24, 2.45) is 5.73 Å². The third kappa shape index (κ3) is 1.63. The van der Waals surface area contributed by atoms with Crippen LogP contribution in [0.2, 0.25) is 0 Å². The molecular formula is C10H16N4O. The average molecular weight is 208 g/mol. The van der Waals surface area contributed by atoms with Gasteiger partial charge in [-0.25, -0.2) is 9.97 Å². The summed E-state index contributed by atoms with van der Waals surface area (Å²) in [5.74, 6) is 1.59. The van der Waals surface area contributed by atoms with Gasteiger partial charge in [0, 0.05) is 19.1 Å². The Hall–Kier alpha value is -1.36. The number of methoxy groups -OCH3 is 1. The van der Waals surface area contributed by atoms with E-state index >= 15 is 0 Å². The number of rotatable bonds is 3. The molecule has 1 aliphatic rings. The second-order valence-electron chi connectivity index (χ2n) is 3.70. The predicted molar refractivity (Wildman–Crippen MR) is 58.1 cm³/mol. The highest BCUT2D eigenvalue weighted by atomic mass is 16.5. The van der Waals surface area contributed by atoms with Gasteiger partial charge in [-0.3, -0.25) is 0 Å². The molecule has 2 heterocycles. The molecule has 0 spiro atoms. The van der Waals surface area contributed by atoms with Gasteiger partial charge in [0.15, 0.2) is 0 Å². The third-order valence-electron chi connectivity index (χ3n) is 2.89. The van der Waals surface area contributed by atoms with Crippen molar-refractivity contribution in [3.8, 4) is 5.88 Å². The zero-order valence-corrected chi connectivity index (χ0v) is 9.10. The Morgan fingerprint density at radius 2 is 2.40 bits per heavy atom. The summed E-state index contributed by atoms with van der Waals surface area (Å²) in [5, 5.41) is 0. The molecule has 1 unspecified atom stereocenters. The average Bonchev–Trinajstić information content (AvgIpc) is 2.20. The van der Waals surface area contributed by atoms with Gasteiger partial charge < -0.3 is 15.4 Å². The highest BCUT2D eigenvalue weighted by Crippen LogP contribution is 2.29. The van der Waals surface area contributed by atoms with Gasteiger partial charge in [-0.1, -0.05) is 0 Å². The van der Waals surface area contributed by atoms with E-state index in [0.29, 0.717) is 18.5 Å². The van der Waals surface area contributed by atoms with Crippen LogP contribution in [0, 0.1) is 6.92 Å². The monoisotopic (exact) mass is 208 g/mol. The van der Waals surface area contributed by atoms with Crippen molar-refractivity contribution >= 4 is 5.82 Å². The molecule has 5 heteroatoms. The van der Waals surface area contributed by atoms with Gasteiger partial charge in [0.25, 0.3) is 0 Å². The summed E-state index contributed by atoms with van der Waals surface area (Å²) in [6, 6.07) is 0.420. The first-order valence-electron chi connectivity index (χ1n) is 5.10. The summed E-state index contributed by atoms with van der Waals surface area (Å²) in [7, 11) is 1.62. The van der Waals surface area contributed by atoms with Gasteiger partial charge in [-0.15, -0.1) is 0 Å². The first-order chi connectivity index (χ1) is 7.27. The maximum Gasteiger partial charge on any atom is 0.221 e. The summed E-state index contributed by atoms with van der Waals surface area (Å²) in [6.45, 7) is 3.66. The third-order valence-corrected chi connectivity index (χ3v) is 2.89. The quantitative estimate of drug-likeness (QED) is 0.775. The standard InChI is InChI=1S/C10H16N4O/c1-7-9(12-6-13-10(7)15-2)14-4-3-8(14)5-11/h6,8H,3-5,11H2,1-2H3. The fourth-order valence-corrected chi connectivity index (χ4v) is 1.89. The molecular weight excluding hydrogens is 192 g/mol. The van der Waals surface area contributed by atoms with Crippen LogP contribution in [-0.4, -0.2) is 36.2 Å². The minimum atomic E-state index is 0.420. The Kier molecular flexibility index (Phi) is 2.73. The Labute approximate surface area is 89.3 Å². The maximum atomic E-state index is 5.67. The number of hydrogen-bond donors (Lipinski definition) is 1. The van der Waals surface area contributed by atoms with Crippen molar-refractivity contribution in [1.29, 1.82) is 0 Å². The van der Waals surface area contributed by atoms with E-state index in [2.05, 4.69) is 14.9 Å². The lowest BCUT2D eigenvalue weighted by molar-refractivity contribution is 0.390. The predicted octanol–water partition coefficient (Wildman–Crippen LogP) is 0.331. The fourth-order valence-electron chi connectivity index (χ4n) is 1.89. The molecule has 1 atom stereocenters. The van der Waals surface area contributed by atoms with Crippen molar-refractivity contribution in [1.82, 2.24) is 9.97 Å². The first kappa shape index (κ1) is 10.2. The smallest absolute Gasteiger partial charge is 0.221 e. The summed E-state index contributed by atoms with van der Waals surface area (Å²) >= 11 is 0. The Balaban J connectivity index is 2.28. The lowest BCUT2D eigenvalue weighted by Crippen LogP contribution is -2.52. The van der Waals surface area contributed by atoms with Crippen LogP contribution in [0.3, 0.4) is 0 Å². The molecule has 0 aliphatic carbocycles. The molecule has 15 heavy (non-hydrogen) atoms. The Bertz CT molecular complexity index is 353. The van der Waals surface area contributed by atoms with E-state index in [1.165, 1.54) is 6.33 Å². The van der Waals surface area contributed by atoms with Crippen LogP contribution in [0.15, 0.2) is 6.33 Å². The molecule has 1 aromatic rings. The zero-order valence-electron chi connectivity index (χ0n) is 9.10. The molecule has 0 radical (unpaired) electrons. The van der Waals surface area contributed by atoms with Crippen LogP contribution < -0.4 is 15.4 Å². The number of hydrogen-bond acceptors (Lipinski definition) is 5. The number of ether oxygens (including phenoxy) is 1. The van der Waals surface area contributed by atoms with Gasteiger partial charge in [0.1, 0.15) is 12.1 Å². The van der Waals surface area contributed by atoms with E-state index in [1.807, 2.05) is 6.92 Å². The van der Waals surface area contributed by atoms with E-state index in [-0.39, 0.29) is 0 Å². The molecule has 2 rings (SSSR count). The lowest BCUT2D eigenvalue weighted by atomic mass is 10.0. The van der Waals surface area contributed by atoms with Gasteiger partial charge >= 0.3 is 0 Å². The van der Waals surface area contributed by atoms with Crippen molar-refractivity contribution in [3.63, 3.8) is 0 Å². The fraction of sp³-hybridized carbons (Fsp3) is 0.600. The van der Waals surface area contributed by atoms with Crippen molar-refractivity contribution in [2.45, 2.75) is 19.4 Å². The number of anilines is 1. The molecule has 0 saturated carbocycles. The summed E-state index contributed by atoms with van der Waals surface area (Å²) in [4.78, 5) is 10.6. The molecule has 1 aliphatic heterocycles. The molecule has 0 amide bonds. The molecule has 82 valence electrons. The van der Waals surface area contributed by atoms with Crippen molar-refractivity contribution < 1.29 is 4.74 Å². The largest absolute Gasteiger partial charge is 0.481 e. The van der Waals surface area contributed by atoms with Crippen LogP contribution in [-0.2, 0) is 0 Å². The molecule has 0 aromatic carbocycles. The van der Waals surface area contributed by atoms with Gasteiger partial charge in [-0.05, 0) is 13.3 Å². The highest BCUT2D eigenvalue weighted by molar-refractivity contribution is 5.52. The Morgan fingerprint density at radius 1 is 1.60 bits per heavy atom. The topological polar surface area (TPSA) is 64.3 Å². The second-order valence-corrected chi connectivity index (χ2v) is 3.70.